The second-order valence-corrected chi connectivity index (χ2v) is 5.59. The Bertz CT molecular complexity index is 806. The molecule has 2 aromatic carbocycles. The van der Waals surface area contributed by atoms with Crippen molar-refractivity contribution in [3.63, 3.8) is 0 Å². The molecule has 1 heterocycles. The predicted molar refractivity (Wildman–Crippen MR) is 85.3 cm³/mol. The molecule has 0 aliphatic rings. The van der Waals surface area contributed by atoms with Crippen molar-refractivity contribution in [1.82, 2.24) is 10.2 Å². The number of halogens is 1. The van der Waals surface area contributed by atoms with Crippen LogP contribution in [-0.2, 0) is 0 Å². The van der Waals surface area contributed by atoms with Gasteiger partial charge in [0, 0.05) is 14.5 Å². The van der Waals surface area contributed by atoms with Gasteiger partial charge in [0.25, 0.3) is 5.56 Å². The molecule has 4 heteroatoms. The van der Waals surface area contributed by atoms with E-state index in [1.54, 1.807) is 0 Å². The van der Waals surface area contributed by atoms with E-state index in [-0.39, 0.29) is 5.56 Å². The average Bonchev–Trinajstić information content (AvgIpc) is 2.41. The zero-order valence-corrected chi connectivity index (χ0v) is 12.4. The summed E-state index contributed by atoms with van der Waals surface area (Å²) in [5, 5.41) is 8.38. The van der Waals surface area contributed by atoms with Gasteiger partial charge in [0.1, 0.15) is 0 Å². The molecule has 0 bridgehead atoms. The summed E-state index contributed by atoms with van der Waals surface area (Å²) in [6.07, 6.45) is 0. The lowest BCUT2D eigenvalue weighted by Gasteiger charge is -2.06. The fraction of sp³-hybridized carbons (Fsp3) is 0.0667. The molecule has 0 saturated heterocycles. The van der Waals surface area contributed by atoms with Crippen molar-refractivity contribution >= 4 is 33.4 Å². The molecule has 1 aromatic heterocycles. The number of hydrogen-bond donors (Lipinski definition) is 1. The quantitative estimate of drug-likeness (QED) is 0.674. The van der Waals surface area contributed by atoms with E-state index >= 15 is 0 Å². The highest BCUT2D eigenvalue weighted by Crippen LogP contribution is 2.26. The largest absolute Gasteiger partial charge is 0.273 e. The van der Waals surface area contributed by atoms with Gasteiger partial charge in [-0.3, -0.25) is 4.79 Å². The third-order valence-corrected chi connectivity index (χ3v) is 3.99. The maximum atomic E-state index is 11.9. The number of benzene rings is 2. The van der Waals surface area contributed by atoms with Gasteiger partial charge in [0.05, 0.1) is 11.1 Å². The van der Waals surface area contributed by atoms with Crippen LogP contribution in [0.2, 0.25) is 0 Å². The highest BCUT2D eigenvalue weighted by Gasteiger charge is 2.10. The standard InChI is InChI=1S/C15H11IN2O/c1-9-5-7-10(8-6-9)14-11-3-2-4-12(16)13(11)15(19)18-17-14/h2-8H,1H3,(H,18,19). The molecule has 3 nitrogen and oxygen atoms in total. The molecule has 0 spiro atoms. The summed E-state index contributed by atoms with van der Waals surface area (Å²) in [6, 6.07) is 13.9. The molecule has 19 heavy (non-hydrogen) atoms. The van der Waals surface area contributed by atoms with E-state index < -0.39 is 0 Å². The molecule has 0 atom stereocenters. The summed E-state index contributed by atoms with van der Waals surface area (Å²) < 4.78 is 0.937. The lowest BCUT2D eigenvalue weighted by Crippen LogP contribution is -2.10. The number of nitrogens with one attached hydrogen (secondary N) is 1. The van der Waals surface area contributed by atoms with Crippen LogP contribution in [0.25, 0.3) is 22.0 Å². The zero-order valence-electron chi connectivity index (χ0n) is 10.3. The van der Waals surface area contributed by atoms with Crippen LogP contribution >= 0.6 is 22.6 Å². The predicted octanol–water partition coefficient (Wildman–Crippen LogP) is 3.50. The van der Waals surface area contributed by atoms with E-state index in [4.69, 9.17) is 0 Å². The highest BCUT2D eigenvalue weighted by molar-refractivity contribution is 14.1. The van der Waals surface area contributed by atoms with Crippen molar-refractivity contribution in [3.8, 4) is 11.3 Å². The summed E-state index contributed by atoms with van der Waals surface area (Å²) in [5.41, 5.74) is 2.88. The van der Waals surface area contributed by atoms with Crippen molar-refractivity contribution < 1.29 is 0 Å². The Morgan fingerprint density at radius 3 is 2.58 bits per heavy atom. The number of aromatic nitrogens is 2. The highest BCUT2D eigenvalue weighted by atomic mass is 127. The van der Waals surface area contributed by atoms with Crippen molar-refractivity contribution in [2.24, 2.45) is 0 Å². The van der Waals surface area contributed by atoms with Crippen LogP contribution in [0.4, 0.5) is 0 Å². The molecule has 0 amide bonds. The van der Waals surface area contributed by atoms with Crippen molar-refractivity contribution in [1.29, 1.82) is 0 Å². The van der Waals surface area contributed by atoms with Gasteiger partial charge >= 0.3 is 0 Å². The van der Waals surface area contributed by atoms with Gasteiger partial charge in [0.15, 0.2) is 0 Å². The Kier molecular flexibility index (Phi) is 3.10. The lowest BCUT2D eigenvalue weighted by molar-refractivity contribution is 1.02. The van der Waals surface area contributed by atoms with Crippen LogP contribution in [0.3, 0.4) is 0 Å². The summed E-state index contributed by atoms with van der Waals surface area (Å²) >= 11 is 2.18. The minimum Gasteiger partial charge on any atom is -0.267 e. The van der Waals surface area contributed by atoms with E-state index in [2.05, 4.69) is 32.8 Å². The molecule has 0 saturated carbocycles. The molecule has 3 aromatic rings. The third-order valence-electron chi connectivity index (χ3n) is 3.09. The molecule has 0 aliphatic carbocycles. The summed E-state index contributed by atoms with van der Waals surface area (Å²) in [7, 11) is 0. The number of hydrogen-bond acceptors (Lipinski definition) is 2. The topological polar surface area (TPSA) is 45.8 Å². The second-order valence-electron chi connectivity index (χ2n) is 4.43. The van der Waals surface area contributed by atoms with Gasteiger partial charge in [-0.1, -0.05) is 42.0 Å². The van der Waals surface area contributed by atoms with E-state index in [1.807, 2.05) is 49.4 Å². The molecule has 1 N–H and O–H groups in total. The second kappa shape index (κ2) is 4.77. The Morgan fingerprint density at radius 1 is 1.11 bits per heavy atom. The van der Waals surface area contributed by atoms with Crippen molar-refractivity contribution in [3.05, 3.63) is 62.0 Å². The number of H-pyrrole nitrogens is 1. The number of aromatic amines is 1. The first-order valence-electron chi connectivity index (χ1n) is 5.91. The minimum absolute atomic E-state index is 0.143. The monoisotopic (exact) mass is 362 g/mol. The van der Waals surface area contributed by atoms with Crippen molar-refractivity contribution in [2.45, 2.75) is 6.92 Å². The zero-order chi connectivity index (χ0) is 13.4. The molecule has 94 valence electrons. The smallest absolute Gasteiger partial charge is 0.267 e. The molecular weight excluding hydrogens is 351 g/mol. The van der Waals surface area contributed by atoms with Crippen LogP contribution in [0.5, 0.6) is 0 Å². The number of fused-ring (bicyclic) bond motifs is 1. The van der Waals surface area contributed by atoms with E-state index in [0.717, 1.165) is 20.2 Å². The average molecular weight is 362 g/mol. The normalized spacial score (nSPS) is 10.8. The summed E-state index contributed by atoms with van der Waals surface area (Å²) in [4.78, 5) is 11.9. The van der Waals surface area contributed by atoms with E-state index in [1.165, 1.54) is 5.56 Å². The van der Waals surface area contributed by atoms with E-state index in [9.17, 15) is 4.79 Å². The fourth-order valence-corrected chi connectivity index (χ4v) is 2.85. The van der Waals surface area contributed by atoms with Gasteiger partial charge < -0.3 is 0 Å². The van der Waals surface area contributed by atoms with Crippen LogP contribution in [0, 0.1) is 10.5 Å². The molecule has 0 aliphatic heterocycles. The molecule has 0 unspecified atom stereocenters. The van der Waals surface area contributed by atoms with Gasteiger partial charge in [-0.2, -0.15) is 5.10 Å². The number of rotatable bonds is 1. The fourth-order valence-electron chi connectivity index (χ4n) is 2.11. The van der Waals surface area contributed by atoms with Crippen LogP contribution in [0.1, 0.15) is 5.56 Å². The maximum Gasteiger partial charge on any atom is 0.273 e. The first kappa shape index (κ1) is 12.3. The lowest BCUT2D eigenvalue weighted by atomic mass is 10.0. The Balaban J connectivity index is 2.37. The first-order chi connectivity index (χ1) is 9.16. The number of aryl methyl sites for hydroxylation is 1. The van der Waals surface area contributed by atoms with Crippen molar-refractivity contribution in [2.75, 3.05) is 0 Å². The minimum atomic E-state index is -0.143. The Morgan fingerprint density at radius 2 is 1.84 bits per heavy atom. The molecule has 3 rings (SSSR count). The Hall–Kier alpha value is -1.69. The van der Waals surface area contributed by atoms with Gasteiger partial charge in [0.2, 0.25) is 0 Å². The first-order valence-corrected chi connectivity index (χ1v) is 6.98. The SMILES string of the molecule is Cc1ccc(-c2n[nH]c(=O)c3c(I)cccc23)cc1. The van der Waals surface area contributed by atoms with Crippen LogP contribution in [-0.4, -0.2) is 10.2 Å². The van der Waals surface area contributed by atoms with Gasteiger partial charge in [-0.15, -0.1) is 0 Å². The summed E-state index contributed by atoms with van der Waals surface area (Å²) in [6.45, 7) is 2.05. The Labute approximate surface area is 123 Å². The molecular formula is C15H11IN2O. The maximum absolute atomic E-state index is 11.9. The molecule has 0 fully saturated rings. The number of nitrogens with zero attached hydrogens (tertiary/aromatic N) is 1. The third kappa shape index (κ3) is 2.16. The summed E-state index contributed by atoms with van der Waals surface area (Å²) in [5.74, 6) is 0. The van der Waals surface area contributed by atoms with E-state index in [0.29, 0.717) is 5.39 Å². The van der Waals surface area contributed by atoms with Gasteiger partial charge in [-0.25, -0.2) is 5.10 Å². The molecule has 0 radical (unpaired) electrons. The van der Waals surface area contributed by atoms with Gasteiger partial charge in [-0.05, 0) is 35.6 Å². The van der Waals surface area contributed by atoms with Crippen LogP contribution in [0.15, 0.2) is 47.3 Å². The van der Waals surface area contributed by atoms with Crippen LogP contribution < -0.4 is 5.56 Å².